The molecule has 0 amide bonds. The number of ether oxygens (including phenoxy) is 1. The van der Waals surface area contributed by atoms with E-state index >= 15 is 0 Å². The second-order valence-corrected chi connectivity index (χ2v) is 2.62. The Hall–Kier alpha value is -0.0800. The van der Waals surface area contributed by atoms with Gasteiger partial charge >= 0.3 is 0 Å². The topological polar surface area (TPSA) is 21.3 Å². The molecule has 0 bridgehead atoms. The minimum Gasteiger partial charge on any atom is -0.377 e. The highest BCUT2D eigenvalue weighted by atomic mass is 16.5. The fraction of sp³-hybridized carbons (Fsp3) is 1.00. The Bertz CT molecular complexity index is 82.5. The van der Waals surface area contributed by atoms with Crippen LogP contribution in [0.1, 0.15) is 6.42 Å². The zero-order valence-electron chi connectivity index (χ0n) is 4.89. The summed E-state index contributed by atoms with van der Waals surface area (Å²) in [6, 6.07) is 0. The number of piperidine rings is 1. The first-order valence-corrected chi connectivity index (χ1v) is 3.29. The van der Waals surface area contributed by atoms with Gasteiger partial charge in [-0.1, -0.05) is 0 Å². The van der Waals surface area contributed by atoms with Gasteiger partial charge in [-0.25, -0.2) is 0 Å². The van der Waals surface area contributed by atoms with Crippen molar-refractivity contribution < 1.29 is 4.74 Å². The van der Waals surface area contributed by atoms with E-state index in [0.717, 1.165) is 19.1 Å². The summed E-state index contributed by atoms with van der Waals surface area (Å²) in [5, 5.41) is 3.34. The molecule has 2 heteroatoms. The molecule has 2 saturated heterocycles. The molecule has 0 radical (unpaired) electrons. The van der Waals surface area contributed by atoms with E-state index in [9.17, 15) is 0 Å². The predicted molar refractivity (Wildman–Crippen MR) is 30.7 cm³/mol. The van der Waals surface area contributed by atoms with Crippen molar-refractivity contribution in [2.75, 3.05) is 19.7 Å². The lowest BCUT2D eigenvalue weighted by Gasteiger charge is -2.40. The zero-order valence-corrected chi connectivity index (χ0v) is 4.89. The zero-order chi connectivity index (χ0) is 5.40. The van der Waals surface area contributed by atoms with Gasteiger partial charge in [0.2, 0.25) is 0 Å². The molecule has 0 aromatic carbocycles. The van der Waals surface area contributed by atoms with Crippen molar-refractivity contribution in [3.05, 3.63) is 0 Å². The lowest BCUT2D eigenvalue weighted by Crippen LogP contribution is -2.51. The first-order chi connectivity index (χ1) is 3.97. The standard InChI is InChI=1S/C6H11NO/c1-2-7-3-5-4-8-6(1)5/h5-7H,1-4H2/t5-,6+/m0/s1. The Kier molecular flexibility index (Phi) is 1.02. The molecule has 2 aliphatic heterocycles. The molecule has 0 aromatic heterocycles. The van der Waals surface area contributed by atoms with Crippen molar-refractivity contribution in [2.45, 2.75) is 12.5 Å². The van der Waals surface area contributed by atoms with E-state index in [0.29, 0.717) is 6.10 Å². The highest BCUT2D eigenvalue weighted by Crippen LogP contribution is 2.24. The molecular weight excluding hydrogens is 102 g/mol. The highest BCUT2D eigenvalue weighted by molar-refractivity contribution is 4.84. The Morgan fingerprint density at radius 2 is 2.50 bits per heavy atom. The molecule has 2 rings (SSSR count). The van der Waals surface area contributed by atoms with Gasteiger partial charge in [0.1, 0.15) is 0 Å². The van der Waals surface area contributed by atoms with Crippen molar-refractivity contribution in [3.63, 3.8) is 0 Å². The van der Waals surface area contributed by atoms with Gasteiger partial charge in [0.15, 0.2) is 0 Å². The van der Waals surface area contributed by atoms with Crippen LogP contribution in [0, 0.1) is 5.92 Å². The molecule has 46 valence electrons. The molecule has 2 aliphatic rings. The lowest BCUT2D eigenvalue weighted by atomic mass is 9.92. The minimum absolute atomic E-state index is 0.622. The van der Waals surface area contributed by atoms with Crippen LogP contribution < -0.4 is 5.32 Å². The van der Waals surface area contributed by atoms with Gasteiger partial charge in [0.05, 0.1) is 12.7 Å². The van der Waals surface area contributed by atoms with Crippen LogP contribution in [0.15, 0.2) is 0 Å². The van der Waals surface area contributed by atoms with Crippen LogP contribution >= 0.6 is 0 Å². The molecule has 0 spiro atoms. The van der Waals surface area contributed by atoms with E-state index in [4.69, 9.17) is 4.74 Å². The number of nitrogens with one attached hydrogen (secondary N) is 1. The van der Waals surface area contributed by atoms with Gasteiger partial charge in [-0.15, -0.1) is 0 Å². The van der Waals surface area contributed by atoms with E-state index in [1.165, 1.54) is 13.0 Å². The molecule has 2 heterocycles. The molecule has 0 unspecified atom stereocenters. The number of rotatable bonds is 0. The molecule has 0 aromatic rings. The molecule has 8 heavy (non-hydrogen) atoms. The minimum atomic E-state index is 0.622. The average molecular weight is 113 g/mol. The van der Waals surface area contributed by atoms with E-state index < -0.39 is 0 Å². The first-order valence-electron chi connectivity index (χ1n) is 3.29. The first kappa shape index (κ1) is 4.77. The maximum absolute atomic E-state index is 5.29. The van der Waals surface area contributed by atoms with Crippen LogP contribution in [0.25, 0.3) is 0 Å². The predicted octanol–water partition coefficient (Wildman–Crippen LogP) is -0.00530. The van der Waals surface area contributed by atoms with Crippen LogP contribution in [-0.2, 0) is 4.74 Å². The average Bonchev–Trinajstić information content (AvgIpc) is 1.72. The van der Waals surface area contributed by atoms with Gasteiger partial charge < -0.3 is 10.1 Å². The van der Waals surface area contributed by atoms with Crippen LogP contribution in [0.5, 0.6) is 0 Å². The number of hydrogen-bond donors (Lipinski definition) is 1. The molecule has 1 N–H and O–H groups in total. The van der Waals surface area contributed by atoms with Crippen molar-refractivity contribution in [3.8, 4) is 0 Å². The molecule has 0 saturated carbocycles. The van der Waals surface area contributed by atoms with Crippen LogP contribution in [0.3, 0.4) is 0 Å². The van der Waals surface area contributed by atoms with Crippen LogP contribution in [-0.4, -0.2) is 25.8 Å². The summed E-state index contributed by atoms with van der Waals surface area (Å²) in [6.45, 7) is 3.34. The molecule has 2 nitrogen and oxygen atoms in total. The summed E-state index contributed by atoms with van der Waals surface area (Å²) < 4.78 is 5.29. The fourth-order valence-electron chi connectivity index (χ4n) is 1.41. The molecule has 0 aliphatic carbocycles. The van der Waals surface area contributed by atoms with Gasteiger partial charge in [0, 0.05) is 12.5 Å². The summed E-state index contributed by atoms with van der Waals surface area (Å²) in [6.07, 6.45) is 1.85. The monoisotopic (exact) mass is 113 g/mol. The maximum Gasteiger partial charge on any atom is 0.0649 e. The SMILES string of the molecule is C1C[C@H]2OC[C@@H]2CN1. The largest absolute Gasteiger partial charge is 0.377 e. The molecular formula is C6H11NO. The third kappa shape index (κ3) is 0.565. The molecule has 2 atom stereocenters. The van der Waals surface area contributed by atoms with Crippen molar-refractivity contribution in [2.24, 2.45) is 5.92 Å². The third-order valence-corrected chi connectivity index (χ3v) is 2.06. The van der Waals surface area contributed by atoms with Gasteiger partial charge in [-0.05, 0) is 13.0 Å². The van der Waals surface area contributed by atoms with Crippen LogP contribution in [0.4, 0.5) is 0 Å². The molecule has 2 fully saturated rings. The summed E-state index contributed by atoms with van der Waals surface area (Å²) in [5.41, 5.74) is 0. The quantitative estimate of drug-likeness (QED) is 0.477. The third-order valence-electron chi connectivity index (χ3n) is 2.06. The van der Waals surface area contributed by atoms with Crippen molar-refractivity contribution >= 4 is 0 Å². The fourth-order valence-corrected chi connectivity index (χ4v) is 1.41. The number of fused-ring (bicyclic) bond motifs is 1. The summed E-state index contributed by atoms with van der Waals surface area (Å²) >= 11 is 0. The van der Waals surface area contributed by atoms with E-state index in [1.807, 2.05) is 0 Å². The van der Waals surface area contributed by atoms with E-state index in [2.05, 4.69) is 5.32 Å². The Morgan fingerprint density at radius 3 is 2.88 bits per heavy atom. The lowest BCUT2D eigenvalue weighted by molar-refractivity contribution is -0.126. The Labute approximate surface area is 49.2 Å². The maximum atomic E-state index is 5.29. The summed E-state index contributed by atoms with van der Waals surface area (Å²) in [4.78, 5) is 0. The summed E-state index contributed by atoms with van der Waals surface area (Å²) in [5.74, 6) is 0.851. The van der Waals surface area contributed by atoms with E-state index in [-0.39, 0.29) is 0 Å². The van der Waals surface area contributed by atoms with E-state index in [1.54, 1.807) is 0 Å². The number of hydrogen-bond acceptors (Lipinski definition) is 2. The smallest absolute Gasteiger partial charge is 0.0649 e. The van der Waals surface area contributed by atoms with Gasteiger partial charge in [0.25, 0.3) is 0 Å². The summed E-state index contributed by atoms with van der Waals surface area (Å²) in [7, 11) is 0. The van der Waals surface area contributed by atoms with Gasteiger partial charge in [-0.2, -0.15) is 0 Å². The highest BCUT2D eigenvalue weighted by Gasteiger charge is 2.33. The van der Waals surface area contributed by atoms with Crippen LogP contribution in [0.2, 0.25) is 0 Å². The Balaban J connectivity index is 1.92. The van der Waals surface area contributed by atoms with Gasteiger partial charge in [-0.3, -0.25) is 0 Å². The van der Waals surface area contributed by atoms with Crippen molar-refractivity contribution in [1.82, 2.24) is 5.32 Å². The normalized spacial score (nSPS) is 45.0. The Morgan fingerprint density at radius 1 is 1.50 bits per heavy atom. The second kappa shape index (κ2) is 1.71. The van der Waals surface area contributed by atoms with Crippen molar-refractivity contribution in [1.29, 1.82) is 0 Å². The second-order valence-electron chi connectivity index (χ2n) is 2.62.